The molecule has 0 unspecified atom stereocenters. The fraction of sp³-hybridized carbons (Fsp3) is 0.391. The van der Waals surface area contributed by atoms with Crippen LogP contribution in [-0.2, 0) is 27.4 Å². The van der Waals surface area contributed by atoms with E-state index in [4.69, 9.17) is 4.74 Å². The molecule has 0 bridgehead atoms. The van der Waals surface area contributed by atoms with Crippen LogP contribution < -0.4 is 10.2 Å². The van der Waals surface area contributed by atoms with E-state index in [1.807, 2.05) is 36.4 Å². The Morgan fingerprint density at radius 3 is 2.60 bits per heavy atom. The number of rotatable bonds is 7. The third kappa shape index (κ3) is 5.22. The highest BCUT2D eigenvalue weighted by atomic mass is 32.2. The van der Waals surface area contributed by atoms with E-state index in [-0.39, 0.29) is 18.2 Å². The van der Waals surface area contributed by atoms with Crippen molar-refractivity contribution < 1.29 is 14.3 Å². The lowest BCUT2D eigenvalue weighted by molar-refractivity contribution is -0.121. The molecule has 0 saturated carbocycles. The predicted molar refractivity (Wildman–Crippen MR) is 119 cm³/mol. The number of anilines is 1. The molecule has 2 aliphatic heterocycles. The first-order valence-corrected chi connectivity index (χ1v) is 11.3. The highest BCUT2D eigenvalue weighted by Gasteiger charge is 2.24. The van der Waals surface area contributed by atoms with Gasteiger partial charge in [-0.2, -0.15) is 0 Å². The fourth-order valence-electron chi connectivity index (χ4n) is 3.78. The number of nitrogens with one attached hydrogen (secondary N) is 1. The molecule has 0 spiro atoms. The molecule has 30 heavy (non-hydrogen) atoms. The van der Waals surface area contributed by atoms with Crippen LogP contribution in [0.5, 0.6) is 0 Å². The van der Waals surface area contributed by atoms with Crippen LogP contribution in [0.3, 0.4) is 0 Å². The van der Waals surface area contributed by atoms with Gasteiger partial charge in [-0.25, -0.2) is 0 Å². The second-order valence-corrected chi connectivity index (χ2v) is 8.50. The molecule has 4 rings (SSSR count). The maximum absolute atomic E-state index is 12.5. The highest BCUT2D eigenvalue weighted by molar-refractivity contribution is 8.00. The molecule has 0 radical (unpaired) electrons. The van der Waals surface area contributed by atoms with Gasteiger partial charge in [0.25, 0.3) is 0 Å². The average Bonchev–Trinajstić information content (AvgIpc) is 2.78. The first-order chi connectivity index (χ1) is 14.7. The van der Waals surface area contributed by atoms with Crippen molar-refractivity contribution in [1.82, 2.24) is 10.2 Å². The molecule has 2 amide bonds. The molecule has 7 heteroatoms. The van der Waals surface area contributed by atoms with Crippen molar-refractivity contribution >= 4 is 29.3 Å². The monoisotopic (exact) mass is 425 g/mol. The molecule has 2 aromatic rings. The van der Waals surface area contributed by atoms with Crippen LogP contribution in [0.25, 0.3) is 0 Å². The quantitative estimate of drug-likeness (QED) is 0.739. The normalized spacial score (nSPS) is 16.9. The first kappa shape index (κ1) is 20.9. The standard InChI is InChI=1S/C23H27N3O3S/c27-22(9-10-26-20-7-3-4-8-21(20)30-17-23(26)28)24-15-18-5-1-2-6-19(18)16-25-11-13-29-14-12-25/h1-8H,9-17H2,(H,24,27). The third-order valence-corrected chi connectivity index (χ3v) is 6.51. The first-order valence-electron chi connectivity index (χ1n) is 10.4. The summed E-state index contributed by atoms with van der Waals surface area (Å²) in [6, 6.07) is 16.1. The summed E-state index contributed by atoms with van der Waals surface area (Å²) in [7, 11) is 0. The molecule has 0 aromatic heterocycles. The van der Waals surface area contributed by atoms with Crippen LogP contribution in [0.2, 0.25) is 0 Å². The summed E-state index contributed by atoms with van der Waals surface area (Å²) >= 11 is 1.55. The van der Waals surface area contributed by atoms with Crippen LogP contribution in [0, 0.1) is 0 Å². The minimum Gasteiger partial charge on any atom is -0.379 e. The largest absolute Gasteiger partial charge is 0.379 e. The van der Waals surface area contributed by atoms with Gasteiger partial charge in [-0.15, -0.1) is 11.8 Å². The zero-order valence-electron chi connectivity index (χ0n) is 17.0. The number of fused-ring (bicyclic) bond motifs is 1. The fourth-order valence-corrected chi connectivity index (χ4v) is 4.71. The van der Waals surface area contributed by atoms with Gasteiger partial charge in [0.15, 0.2) is 0 Å². The van der Waals surface area contributed by atoms with Crippen LogP contribution in [0.4, 0.5) is 5.69 Å². The van der Waals surface area contributed by atoms with Crippen molar-refractivity contribution in [2.75, 3.05) is 43.5 Å². The second kappa shape index (κ2) is 10.1. The average molecular weight is 426 g/mol. The number of ether oxygens (including phenoxy) is 1. The SMILES string of the molecule is O=C(CCN1C(=O)CSc2ccccc21)NCc1ccccc1CN1CCOCC1. The molecule has 1 fully saturated rings. The summed E-state index contributed by atoms with van der Waals surface area (Å²) in [5, 5.41) is 3.03. The Labute approximate surface area is 181 Å². The number of hydrogen-bond acceptors (Lipinski definition) is 5. The number of carbonyl (C=O) groups excluding carboxylic acids is 2. The Balaban J connectivity index is 1.31. The topological polar surface area (TPSA) is 61.9 Å². The number of benzene rings is 2. The molecule has 1 N–H and O–H groups in total. The van der Waals surface area contributed by atoms with Gasteiger partial charge in [0.05, 0.1) is 24.7 Å². The number of amides is 2. The zero-order valence-corrected chi connectivity index (χ0v) is 17.8. The van der Waals surface area contributed by atoms with Crippen molar-refractivity contribution in [1.29, 1.82) is 0 Å². The van der Waals surface area contributed by atoms with Crippen LogP contribution in [0.15, 0.2) is 53.4 Å². The number of nitrogens with zero attached hydrogens (tertiary/aromatic N) is 2. The van der Waals surface area contributed by atoms with Crippen molar-refractivity contribution in [3.8, 4) is 0 Å². The van der Waals surface area contributed by atoms with Gasteiger partial charge in [0.2, 0.25) is 11.8 Å². The lowest BCUT2D eigenvalue weighted by Gasteiger charge is -2.28. The van der Waals surface area contributed by atoms with E-state index in [2.05, 4.69) is 22.3 Å². The third-order valence-electron chi connectivity index (χ3n) is 5.46. The Bertz CT molecular complexity index is 899. The van der Waals surface area contributed by atoms with E-state index in [1.54, 1.807) is 16.7 Å². The lowest BCUT2D eigenvalue weighted by Crippen LogP contribution is -2.38. The van der Waals surface area contributed by atoms with Crippen LogP contribution in [0.1, 0.15) is 17.5 Å². The van der Waals surface area contributed by atoms with Gasteiger partial charge in [-0.05, 0) is 23.3 Å². The summed E-state index contributed by atoms with van der Waals surface area (Å²) in [5.41, 5.74) is 3.27. The molecular formula is C23H27N3O3S. The van der Waals surface area contributed by atoms with Gasteiger partial charge in [0, 0.05) is 44.0 Å². The molecular weight excluding hydrogens is 398 g/mol. The highest BCUT2D eigenvalue weighted by Crippen LogP contribution is 2.34. The van der Waals surface area contributed by atoms with Gasteiger partial charge >= 0.3 is 0 Å². The zero-order chi connectivity index (χ0) is 20.8. The van der Waals surface area contributed by atoms with Gasteiger partial charge in [-0.1, -0.05) is 36.4 Å². The van der Waals surface area contributed by atoms with E-state index in [0.29, 0.717) is 18.8 Å². The molecule has 6 nitrogen and oxygen atoms in total. The number of carbonyl (C=O) groups is 2. The summed E-state index contributed by atoms with van der Waals surface area (Å²) in [6.07, 6.45) is 0.288. The van der Waals surface area contributed by atoms with E-state index in [0.717, 1.165) is 49.0 Å². The molecule has 2 aliphatic rings. The molecule has 2 heterocycles. The van der Waals surface area contributed by atoms with E-state index in [9.17, 15) is 9.59 Å². The Kier molecular flexibility index (Phi) is 7.04. The van der Waals surface area contributed by atoms with Gasteiger partial charge in [0.1, 0.15) is 0 Å². The van der Waals surface area contributed by atoms with Crippen molar-refractivity contribution in [3.05, 3.63) is 59.7 Å². The maximum Gasteiger partial charge on any atom is 0.237 e. The van der Waals surface area contributed by atoms with Crippen LogP contribution in [-0.4, -0.2) is 55.3 Å². The van der Waals surface area contributed by atoms with Crippen LogP contribution >= 0.6 is 11.8 Å². The van der Waals surface area contributed by atoms with Gasteiger partial charge in [-0.3, -0.25) is 14.5 Å². The molecule has 1 saturated heterocycles. The molecule has 0 aliphatic carbocycles. The Morgan fingerprint density at radius 1 is 1.03 bits per heavy atom. The number of hydrogen-bond donors (Lipinski definition) is 1. The van der Waals surface area contributed by atoms with Gasteiger partial charge < -0.3 is 15.0 Å². The predicted octanol–water partition coefficient (Wildman–Crippen LogP) is 2.66. The smallest absolute Gasteiger partial charge is 0.237 e. The second-order valence-electron chi connectivity index (χ2n) is 7.49. The molecule has 2 aromatic carbocycles. The maximum atomic E-state index is 12.5. The minimum absolute atomic E-state index is 0.0420. The van der Waals surface area contributed by atoms with E-state index in [1.165, 1.54) is 5.56 Å². The van der Waals surface area contributed by atoms with Crippen molar-refractivity contribution in [2.24, 2.45) is 0 Å². The van der Waals surface area contributed by atoms with E-state index < -0.39 is 0 Å². The molecule has 158 valence electrons. The van der Waals surface area contributed by atoms with Crippen molar-refractivity contribution in [2.45, 2.75) is 24.4 Å². The number of morpholine rings is 1. The Morgan fingerprint density at radius 2 is 1.77 bits per heavy atom. The summed E-state index contributed by atoms with van der Waals surface area (Å²) in [5.74, 6) is 0.440. The summed E-state index contributed by atoms with van der Waals surface area (Å²) < 4.78 is 5.43. The summed E-state index contributed by atoms with van der Waals surface area (Å²) in [4.78, 5) is 30.0. The van der Waals surface area contributed by atoms with Crippen molar-refractivity contribution in [3.63, 3.8) is 0 Å². The Hall–Kier alpha value is -2.35. The number of thioether (sulfide) groups is 1. The number of para-hydroxylation sites is 1. The lowest BCUT2D eigenvalue weighted by atomic mass is 10.1. The minimum atomic E-state index is -0.0420. The molecule has 0 atom stereocenters. The van der Waals surface area contributed by atoms with E-state index >= 15 is 0 Å². The summed E-state index contributed by atoms with van der Waals surface area (Å²) in [6.45, 7) is 5.18.